The van der Waals surface area contributed by atoms with E-state index in [4.69, 9.17) is 5.11 Å². The van der Waals surface area contributed by atoms with Crippen LogP contribution < -0.4 is 0 Å². The minimum Gasteiger partial charge on any atom is -0.508 e. The zero-order valence-corrected chi connectivity index (χ0v) is 13.6. The van der Waals surface area contributed by atoms with Crippen LogP contribution in [0.5, 0.6) is 11.5 Å². The highest BCUT2D eigenvalue weighted by Gasteiger charge is 2.16. The summed E-state index contributed by atoms with van der Waals surface area (Å²) in [5.74, 6) is -0.855. The number of benzene rings is 1. The first-order valence-electron chi connectivity index (χ1n) is 6.66. The summed E-state index contributed by atoms with van der Waals surface area (Å²) in [5.41, 5.74) is 0.0691. The Morgan fingerprint density at radius 1 is 1.24 bits per heavy atom. The normalized spacial score (nSPS) is 10.5. The average molecular weight is 317 g/mol. The fraction of sp³-hybridized carbons (Fsp3) is 0.500. The van der Waals surface area contributed by atoms with E-state index < -0.39 is 15.7 Å². The van der Waals surface area contributed by atoms with Gasteiger partial charge in [-0.05, 0) is 18.6 Å². The van der Waals surface area contributed by atoms with E-state index in [0.29, 0.717) is 6.42 Å². The standard InChI is InChI=1S/C12H17NO5S.C2H6/c1-13(6-3-7-19(2,17)18)12(16)10-5-4-9(14)8-11(10)15;1-2/h4-5,8,14-15H,3,6-7H2,1-2H3;1-2H3. The number of phenolic OH excluding ortho intramolecular Hbond substituents is 2. The Labute approximate surface area is 125 Å². The molecule has 0 fully saturated rings. The van der Waals surface area contributed by atoms with Gasteiger partial charge in [-0.15, -0.1) is 0 Å². The SMILES string of the molecule is CC.CN(CCCS(C)(=O)=O)C(=O)c1ccc(O)cc1O. The van der Waals surface area contributed by atoms with E-state index in [0.717, 1.165) is 12.3 Å². The molecule has 0 aliphatic heterocycles. The second kappa shape index (κ2) is 8.51. The van der Waals surface area contributed by atoms with Crippen LogP contribution in [0.3, 0.4) is 0 Å². The molecule has 21 heavy (non-hydrogen) atoms. The summed E-state index contributed by atoms with van der Waals surface area (Å²) in [6, 6.07) is 3.70. The molecule has 0 atom stereocenters. The molecule has 1 aromatic rings. The molecule has 1 aromatic carbocycles. The number of sulfone groups is 1. The van der Waals surface area contributed by atoms with Crippen molar-refractivity contribution < 1.29 is 23.4 Å². The van der Waals surface area contributed by atoms with Crippen molar-refractivity contribution in [3.63, 3.8) is 0 Å². The van der Waals surface area contributed by atoms with E-state index in [-0.39, 0.29) is 29.4 Å². The van der Waals surface area contributed by atoms with Crippen molar-refractivity contribution >= 4 is 15.7 Å². The van der Waals surface area contributed by atoms with Gasteiger partial charge in [-0.2, -0.15) is 0 Å². The molecule has 0 saturated carbocycles. The quantitative estimate of drug-likeness (QED) is 0.860. The zero-order valence-electron chi connectivity index (χ0n) is 12.8. The number of hydrogen-bond donors (Lipinski definition) is 2. The van der Waals surface area contributed by atoms with E-state index >= 15 is 0 Å². The zero-order chi connectivity index (χ0) is 16.6. The topological polar surface area (TPSA) is 94.9 Å². The van der Waals surface area contributed by atoms with Gasteiger partial charge in [0.05, 0.1) is 11.3 Å². The van der Waals surface area contributed by atoms with Crippen LogP contribution in [0, 0.1) is 0 Å². The first kappa shape index (κ1) is 19.2. The Balaban J connectivity index is 0.00000191. The molecule has 0 aromatic heterocycles. The van der Waals surface area contributed by atoms with Crippen molar-refractivity contribution in [1.29, 1.82) is 0 Å². The van der Waals surface area contributed by atoms with Crippen LogP contribution in [0.2, 0.25) is 0 Å². The number of rotatable bonds is 5. The second-order valence-electron chi connectivity index (χ2n) is 4.41. The van der Waals surface area contributed by atoms with Crippen LogP contribution in [0.15, 0.2) is 18.2 Å². The third kappa shape index (κ3) is 6.99. The van der Waals surface area contributed by atoms with Crippen LogP contribution in [-0.2, 0) is 9.84 Å². The molecule has 0 saturated heterocycles. The molecule has 0 unspecified atom stereocenters. The van der Waals surface area contributed by atoms with Crippen LogP contribution >= 0.6 is 0 Å². The minimum atomic E-state index is -3.04. The summed E-state index contributed by atoms with van der Waals surface area (Å²) in [7, 11) is -1.52. The molecular formula is C14H23NO5S. The van der Waals surface area contributed by atoms with Crippen LogP contribution in [0.4, 0.5) is 0 Å². The van der Waals surface area contributed by atoms with Crippen molar-refractivity contribution in [2.24, 2.45) is 0 Å². The van der Waals surface area contributed by atoms with Gasteiger partial charge < -0.3 is 15.1 Å². The maximum Gasteiger partial charge on any atom is 0.257 e. The van der Waals surface area contributed by atoms with Gasteiger partial charge in [0.15, 0.2) is 0 Å². The Morgan fingerprint density at radius 3 is 2.29 bits per heavy atom. The van der Waals surface area contributed by atoms with Crippen molar-refractivity contribution in [1.82, 2.24) is 4.90 Å². The molecule has 2 N–H and O–H groups in total. The molecule has 0 aliphatic rings. The van der Waals surface area contributed by atoms with E-state index in [1.807, 2.05) is 13.8 Å². The van der Waals surface area contributed by atoms with Crippen molar-refractivity contribution in [2.45, 2.75) is 20.3 Å². The van der Waals surface area contributed by atoms with Gasteiger partial charge in [0.1, 0.15) is 21.3 Å². The fourth-order valence-electron chi connectivity index (χ4n) is 1.57. The van der Waals surface area contributed by atoms with Gasteiger partial charge in [-0.25, -0.2) is 8.42 Å². The number of hydrogen-bond acceptors (Lipinski definition) is 5. The average Bonchev–Trinajstić information content (AvgIpc) is 2.38. The molecule has 0 bridgehead atoms. The Kier molecular flexibility index (Phi) is 7.80. The minimum absolute atomic E-state index is 0.00613. The maximum absolute atomic E-state index is 12.0. The highest BCUT2D eigenvalue weighted by atomic mass is 32.2. The third-order valence-electron chi connectivity index (χ3n) is 2.57. The molecule has 1 rings (SSSR count). The predicted octanol–water partition coefficient (Wildman–Crippen LogP) is 1.63. The Bertz CT molecular complexity index is 569. The van der Waals surface area contributed by atoms with Gasteiger partial charge in [0.2, 0.25) is 0 Å². The lowest BCUT2D eigenvalue weighted by molar-refractivity contribution is 0.0792. The number of aromatic hydroxyl groups is 2. The van der Waals surface area contributed by atoms with Gasteiger partial charge >= 0.3 is 0 Å². The fourth-order valence-corrected chi connectivity index (χ4v) is 2.23. The number of carbonyl (C=O) groups excluding carboxylic acids is 1. The first-order valence-corrected chi connectivity index (χ1v) is 8.72. The van der Waals surface area contributed by atoms with E-state index in [2.05, 4.69) is 0 Å². The summed E-state index contributed by atoms with van der Waals surface area (Å²) < 4.78 is 21.9. The summed E-state index contributed by atoms with van der Waals surface area (Å²) in [4.78, 5) is 13.3. The van der Waals surface area contributed by atoms with Crippen LogP contribution in [-0.4, -0.2) is 55.0 Å². The molecule has 7 heteroatoms. The smallest absolute Gasteiger partial charge is 0.257 e. The maximum atomic E-state index is 12.0. The molecular weight excluding hydrogens is 294 g/mol. The molecule has 0 heterocycles. The van der Waals surface area contributed by atoms with Crippen LogP contribution in [0.25, 0.3) is 0 Å². The van der Waals surface area contributed by atoms with E-state index in [1.54, 1.807) is 0 Å². The third-order valence-corrected chi connectivity index (χ3v) is 3.60. The van der Waals surface area contributed by atoms with E-state index in [9.17, 15) is 18.3 Å². The number of amides is 1. The highest BCUT2D eigenvalue weighted by molar-refractivity contribution is 7.90. The van der Waals surface area contributed by atoms with Crippen molar-refractivity contribution in [3.8, 4) is 11.5 Å². The largest absolute Gasteiger partial charge is 0.508 e. The first-order chi connectivity index (χ1) is 9.70. The van der Waals surface area contributed by atoms with Crippen molar-refractivity contribution in [3.05, 3.63) is 23.8 Å². The lowest BCUT2D eigenvalue weighted by Crippen LogP contribution is -2.28. The van der Waals surface area contributed by atoms with Gasteiger partial charge in [-0.3, -0.25) is 4.79 Å². The Hall–Kier alpha value is -1.76. The molecule has 120 valence electrons. The van der Waals surface area contributed by atoms with Crippen molar-refractivity contribution in [2.75, 3.05) is 25.6 Å². The molecule has 0 aliphatic carbocycles. The number of carbonyl (C=O) groups is 1. The molecule has 6 nitrogen and oxygen atoms in total. The lowest BCUT2D eigenvalue weighted by atomic mass is 10.1. The lowest BCUT2D eigenvalue weighted by Gasteiger charge is -2.17. The summed E-state index contributed by atoms with van der Waals surface area (Å²) >= 11 is 0. The number of phenols is 2. The molecule has 1 amide bonds. The summed E-state index contributed by atoms with van der Waals surface area (Å²) in [6.45, 7) is 4.27. The van der Waals surface area contributed by atoms with Gasteiger partial charge in [0, 0.05) is 25.9 Å². The molecule has 0 spiro atoms. The van der Waals surface area contributed by atoms with E-state index in [1.165, 1.54) is 24.1 Å². The Morgan fingerprint density at radius 2 is 1.81 bits per heavy atom. The van der Waals surface area contributed by atoms with Crippen LogP contribution in [0.1, 0.15) is 30.6 Å². The number of nitrogens with zero attached hydrogens (tertiary/aromatic N) is 1. The monoisotopic (exact) mass is 317 g/mol. The molecule has 0 radical (unpaired) electrons. The predicted molar refractivity (Wildman–Crippen MR) is 82.4 cm³/mol. The van der Waals surface area contributed by atoms with Gasteiger partial charge in [0.25, 0.3) is 5.91 Å². The summed E-state index contributed by atoms with van der Waals surface area (Å²) in [6.07, 6.45) is 1.47. The summed E-state index contributed by atoms with van der Waals surface area (Å²) in [5, 5.41) is 18.7. The van der Waals surface area contributed by atoms with Gasteiger partial charge in [-0.1, -0.05) is 13.8 Å². The second-order valence-corrected chi connectivity index (χ2v) is 6.67. The highest BCUT2D eigenvalue weighted by Crippen LogP contribution is 2.23.